The number of amides is 2. The Bertz CT molecular complexity index is 444. The van der Waals surface area contributed by atoms with Crippen LogP contribution in [0.15, 0.2) is 24.3 Å². The molecule has 0 unspecified atom stereocenters. The van der Waals surface area contributed by atoms with Crippen molar-refractivity contribution >= 4 is 6.03 Å². The van der Waals surface area contributed by atoms with Gasteiger partial charge in [0.05, 0.1) is 19.8 Å². The van der Waals surface area contributed by atoms with Gasteiger partial charge in [-0.05, 0) is 24.6 Å². The summed E-state index contributed by atoms with van der Waals surface area (Å²) in [5, 5.41) is 5.73. The van der Waals surface area contributed by atoms with Gasteiger partial charge >= 0.3 is 6.03 Å². The Labute approximate surface area is 131 Å². The summed E-state index contributed by atoms with van der Waals surface area (Å²) in [6.07, 6.45) is 0. The Morgan fingerprint density at radius 2 is 1.95 bits per heavy atom. The van der Waals surface area contributed by atoms with E-state index in [4.69, 9.17) is 9.47 Å². The molecule has 0 aliphatic carbocycles. The molecule has 122 valence electrons. The molecule has 1 fully saturated rings. The lowest BCUT2D eigenvalue weighted by molar-refractivity contribution is 0.0387. The predicted octanol–water partition coefficient (Wildman–Crippen LogP) is 1.22. The first kappa shape index (κ1) is 16.6. The van der Waals surface area contributed by atoms with Crippen LogP contribution in [0, 0.1) is 0 Å². The maximum atomic E-state index is 11.7. The molecule has 1 heterocycles. The standard InChI is InChI=1S/C16H25N3O3/c1-2-22-15-5-3-14(4-6-15)13-18-16(20)17-7-8-19-9-11-21-12-10-19/h3-6H,2,7-13H2,1H3,(H2,17,18,20). The van der Waals surface area contributed by atoms with Crippen LogP contribution in [0.25, 0.3) is 0 Å². The van der Waals surface area contributed by atoms with Gasteiger partial charge in [0.25, 0.3) is 0 Å². The first-order valence-corrected chi connectivity index (χ1v) is 7.81. The van der Waals surface area contributed by atoms with Crippen molar-refractivity contribution in [3.63, 3.8) is 0 Å². The molecule has 0 spiro atoms. The second-order valence-corrected chi connectivity index (χ2v) is 5.14. The normalized spacial score (nSPS) is 15.3. The molecule has 6 heteroatoms. The van der Waals surface area contributed by atoms with Crippen molar-refractivity contribution in [3.05, 3.63) is 29.8 Å². The van der Waals surface area contributed by atoms with E-state index < -0.39 is 0 Å². The summed E-state index contributed by atoms with van der Waals surface area (Å²) in [4.78, 5) is 14.0. The molecular weight excluding hydrogens is 282 g/mol. The van der Waals surface area contributed by atoms with Gasteiger partial charge in [-0.2, -0.15) is 0 Å². The summed E-state index contributed by atoms with van der Waals surface area (Å²) >= 11 is 0. The second kappa shape index (κ2) is 9.27. The number of hydrogen-bond donors (Lipinski definition) is 2. The van der Waals surface area contributed by atoms with Crippen LogP contribution >= 0.6 is 0 Å². The third-order valence-electron chi connectivity index (χ3n) is 3.50. The summed E-state index contributed by atoms with van der Waals surface area (Å²) in [7, 11) is 0. The number of nitrogens with one attached hydrogen (secondary N) is 2. The average molecular weight is 307 g/mol. The Balaban J connectivity index is 1.60. The Hall–Kier alpha value is -1.79. The minimum Gasteiger partial charge on any atom is -0.494 e. The summed E-state index contributed by atoms with van der Waals surface area (Å²) < 4.78 is 10.7. The summed E-state index contributed by atoms with van der Waals surface area (Å²) in [6.45, 7) is 8.07. The number of rotatable bonds is 7. The van der Waals surface area contributed by atoms with Gasteiger partial charge in [-0.15, -0.1) is 0 Å². The number of urea groups is 1. The van der Waals surface area contributed by atoms with E-state index in [2.05, 4.69) is 15.5 Å². The fourth-order valence-corrected chi connectivity index (χ4v) is 2.27. The van der Waals surface area contributed by atoms with Gasteiger partial charge in [0.2, 0.25) is 0 Å². The van der Waals surface area contributed by atoms with Crippen molar-refractivity contribution in [3.8, 4) is 5.75 Å². The molecule has 1 aliphatic rings. The number of benzene rings is 1. The van der Waals surface area contributed by atoms with Gasteiger partial charge in [-0.1, -0.05) is 12.1 Å². The van der Waals surface area contributed by atoms with Crippen molar-refractivity contribution < 1.29 is 14.3 Å². The van der Waals surface area contributed by atoms with Gasteiger partial charge in [-0.3, -0.25) is 4.90 Å². The van der Waals surface area contributed by atoms with Gasteiger partial charge in [0, 0.05) is 32.7 Å². The highest BCUT2D eigenvalue weighted by Crippen LogP contribution is 2.11. The average Bonchev–Trinajstić information content (AvgIpc) is 2.55. The van der Waals surface area contributed by atoms with Crippen LogP contribution in [0.5, 0.6) is 5.75 Å². The van der Waals surface area contributed by atoms with E-state index in [0.29, 0.717) is 19.7 Å². The summed E-state index contributed by atoms with van der Waals surface area (Å²) in [5.74, 6) is 0.848. The van der Waals surface area contributed by atoms with Crippen molar-refractivity contribution in [1.82, 2.24) is 15.5 Å². The molecule has 2 N–H and O–H groups in total. The van der Waals surface area contributed by atoms with Gasteiger partial charge in [0.15, 0.2) is 0 Å². The number of nitrogens with zero attached hydrogens (tertiary/aromatic N) is 1. The monoisotopic (exact) mass is 307 g/mol. The van der Waals surface area contributed by atoms with Crippen LogP contribution < -0.4 is 15.4 Å². The zero-order chi connectivity index (χ0) is 15.6. The lowest BCUT2D eigenvalue weighted by Crippen LogP contribution is -2.43. The Kier molecular flexibility index (Phi) is 6.99. The van der Waals surface area contributed by atoms with E-state index in [9.17, 15) is 4.79 Å². The number of morpholine rings is 1. The molecule has 1 aromatic rings. The van der Waals surface area contributed by atoms with Crippen molar-refractivity contribution in [2.75, 3.05) is 46.0 Å². The number of ether oxygens (including phenoxy) is 2. The second-order valence-electron chi connectivity index (χ2n) is 5.14. The van der Waals surface area contributed by atoms with Crippen molar-refractivity contribution in [2.45, 2.75) is 13.5 Å². The van der Waals surface area contributed by atoms with E-state index >= 15 is 0 Å². The van der Waals surface area contributed by atoms with Crippen LogP contribution in [0.1, 0.15) is 12.5 Å². The van der Waals surface area contributed by atoms with E-state index in [1.165, 1.54) is 0 Å². The molecule has 1 aromatic carbocycles. The molecule has 1 saturated heterocycles. The highest BCUT2D eigenvalue weighted by molar-refractivity contribution is 5.73. The minimum absolute atomic E-state index is 0.137. The lowest BCUT2D eigenvalue weighted by atomic mass is 10.2. The number of hydrogen-bond acceptors (Lipinski definition) is 4. The molecular formula is C16H25N3O3. The summed E-state index contributed by atoms with van der Waals surface area (Å²) in [6, 6.07) is 7.60. The summed E-state index contributed by atoms with van der Waals surface area (Å²) in [5.41, 5.74) is 1.05. The molecule has 1 aliphatic heterocycles. The Morgan fingerprint density at radius 3 is 2.64 bits per heavy atom. The highest BCUT2D eigenvalue weighted by Gasteiger charge is 2.09. The lowest BCUT2D eigenvalue weighted by Gasteiger charge is -2.26. The first-order chi connectivity index (χ1) is 10.8. The van der Waals surface area contributed by atoms with E-state index in [1.807, 2.05) is 31.2 Å². The maximum absolute atomic E-state index is 11.7. The molecule has 0 saturated carbocycles. The van der Waals surface area contributed by atoms with Gasteiger partial charge < -0.3 is 20.1 Å². The van der Waals surface area contributed by atoms with Crippen molar-refractivity contribution in [2.24, 2.45) is 0 Å². The fourth-order valence-electron chi connectivity index (χ4n) is 2.27. The molecule has 2 amide bonds. The van der Waals surface area contributed by atoms with Crippen molar-refractivity contribution in [1.29, 1.82) is 0 Å². The van der Waals surface area contributed by atoms with Gasteiger partial charge in [0.1, 0.15) is 5.75 Å². The zero-order valence-electron chi connectivity index (χ0n) is 13.1. The molecule has 2 rings (SSSR count). The molecule has 0 aromatic heterocycles. The van der Waals surface area contributed by atoms with E-state index in [0.717, 1.165) is 44.2 Å². The van der Waals surface area contributed by atoms with Crippen LogP contribution in [-0.4, -0.2) is 56.9 Å². The van der Waals surface area contributed by atoms with Crippen LogP contribution in [0.3, 0.4) is 0 Å². The van der Waals surface area contributed by atoms with Gasteiger partial charge in [-0.25, -0.2) is 4.79 Å². The maximum Gasteiger partial charge on any atom is 0.315 e. The molecule has 6 nitrogen and oxygen atoms in total. The zero-order valence-corrected chi connectivity index (χ0v) is 13.1. The third kappa shape index (κ3) is 5.91. The quantitative estimate of drug-likeness (QED) is 0.795. The van der Waals surface area contributed by atoms with E-state index in [-0.39, 0.29) is 6.03 Å². The van der Waals surface area contributed by atoms with E-state index in [1.54, 1.807) is 0 Å². The topological polar surface area (TPSA) is 62.8 Å². The Morgan fingerprint density at radius 1 is 1.23 bits per heavy atom. The molecule has 22 heavy (non-hydrogen) atoms. The van der Waals surface area contributed by atoms with Crippen LogP contribution in [0.4, 0.5) is 4.79 Å². The number of carbonyl (C=O) groups excluding carboxylic acids is 1. The first-order valence-electron chi connectivity index (χ1n) is 7.81. The smallest absolute Gasteiger partial charge is 0.315 e. The number of carbonyl (C=O) groups is 1. The largest absolute Gasteiger partial charge is 0.494 e. The van der Waals surface area contributed by atoms with Crippen LogP contribution in [0.2, 0.25) is 0 Å². The third-order valence-corrected chi connectivity index (χ3v) is 3.50. The SMILES string of the molecule is CCOc1ccc(CNC(=O)NCCN2CCOCC2)cc1. The molecule has 0 bridgehead atoms. The predicted molar refractivity (Wildman–Crippen MR) is 85.1 cm³/mol. The fraction of sp³-hybridized carbons (Fsp3) is 0.562. The van der Waals surface area contributed by atoms with Crippen LogP contribution in [-0.2, 0) is 11.3 Å². The highest BCUT2D eigenvalue weighted by atomic mass is 16.5. The molecule has 0 radical (unpaired) electrons. The minimum atomic E-state index is -0.137. The molecule has 0 atom stereocenters.